The van der Waals surface area contributed by atoms with Crippen LogP contribution in [0.3, 0.4) is 0 Å². The summed E-state index contributed by atoms with van der Waals surface area (Å²) in [6.45, 7) is 2.39. The van der Waals surface area contributed by atoms with E-state index in [-0.39, 0.29) is 17.1 Å². The van der Waals surface area contributed by atoms with Crippen molar-refractivity contribution in [1.82, 2.24) is 20.3 Å². The molecule has 122 valence electrons. The van der Waals surface area contributed by atoms with Gasteiger partial charge >= 0.3 is 6.18 Å². The van der Waals surface area contributed by atoms with Crippen LogP contribution in [0.2, 0.25) is 0 Å². The van der Waals surface area contributed by atoms with E-state index in [4.69, 9.17) is 5.73 Å². The fourth-order valence-electron chi connectivity index (χ4n) is 2.52. The summed E-state index contributed by atoms with van der Waals surface area (Å²) in [5, 5.41) is 3.15. The molecule has 2 aromatic rings. The molecule has 1 fully saturated rings. The standard InChI is InChI=1S/C14H15F3N6/c15-14(16,17)11-10(9-3-1-2-4-20-9)12(22-13(18)21-11)23-7-5-19-6-8-23/h1-4,19H,5-8H2,(H2,18,21,22). The molecule has 1 aliphatic heterocycles. The van der Waals surface area contributed by atoms with Gasteiger partial charge < -0.3 is 16.0 Å². The third-order valence-corrected chi connectivity index (χ3v) is 3.51. The van der Waals surface area contributed by atoms with E-state index in [0.29, 0.717) is 26.2 Å². The molecule has 1 aliphatic rings. The van der Waals surface area contributed by atoms with Crippen LogP contribution in [-0.4, -0.2) is 41.1 Å². The minimum absolute atomic E-state index is 0.130. The van der Waals surface area contributed by atoms with Crippen LogP contribution < -0.4 is 16.0 Å². The molecule has 0 spiro atoms. The highest BCUT2D eigenvalue weighted by Crippen LogP contribution is 2.40. The molecule has 0 unspecified atom stereocenters. The van der Waals surface area contributed by atoms with Gasteiger partial charge in [-0.2, -0.15) is 18.2 Å². The average molecular weight is 324 g/mol. The molecule has 23 heavy (non-hydrogen) atoms. The number of rotatable bonds is 2. The van der Waals surface area contributed by atoms with Gasteiger partial charge in [0.2, 0.25) is 5.95 Å². The molecule has 9 heteroatoms. The van der Waals surface area contributed by atoms with Crippen molar-refractivity contribution in [3.8, 4) is 11.3 Å². The van der Waals surface area contributed by atoms with Crippen LogP contribution in [0.4, 0.5) is 24.9 Å². The van der Waals surface area contributed by atoms with Gasteiger partial charge in [-0.3, -0.25) is 4.98 Å². The van der Waals surface area contributed by atoms with Gasteiger partial charge in [0.1, 0.15) is 5.82 Å². The number of nitrogens with zero attached hydrogens (tertiary/aromatic N) is 4. The van der Waals surface area contributed by atoms with Crippen molar-refractivity contribution in [2.45, 2.75) is 6.18 Å². The number of pyridine rings is 1. The lowest BCUT2D eigenvalue weighted by atomic mass is 10.1. The highest BCUT2D eigenvalue weighted by molar-refractivity contribution is 5.77. The van der Waals surface area contributed by atoms with Gasteiger partial charge in [-0.1, -0.05) is 6.07 Å². The van der Waals surface area contributed by atoms with Gasteiger partial charge in [-0.15, -0.1) is 0 Å². The first kappa shape index (κ1) is 15.5. The number of nitrogen functional groups attached to an aromatic ring is 1. The van der Waals surface area contributed by atoms with Crippen molar-refractivity contribution in [2.75, 3.05) is 36.8 Å². The van der Waals surface area contributed by atoms with Gasteiger partial charge in [0.25, 0.3) is 0 Å². The normalized spacial score (nSPS) is 15.7. The van der Waals surface area contributed by atoms with Crippen LogP contribution in [0.1, 0.15) is 5.69 Å². The summed E-state index contributed by atoms with van der Waals surface area (Å²) in [4.78, 5) is 13.3. The maximum atomic E-state index is 13.5. The highest BCUT2D eigenvalue weighted by Gasteiger charge is 2.39. The molecule has 0 bridgehead atoms. The van der Waals surface area contributed by atoms with Gasteiger partial charge in [0, 0.05) is 32.4 Å². The molecule has 0 radical (unpaired) electrons. The molecule has 0 saturated carbocycles. The smallest absolute Gasteiger partial charge is 0.368 e. The van der Waals surface area contributed by atoms with E-state index in [0.717, 1.165) is 0 Å². The molecule has 1 saturated heterocycles. The van der Waals surface area contributed by atoms with Crippen molar-refractivity contribution in [1.29, 1.82) is 0 Å². The molecule has 0 atom stereocenters. The van der Waals surface area contributed by atoms with Crippen molar-refractivity contribution in [2.24, 2.45) is 0 Å². The lowest BCUT2D eigenvalue weighted by molar-refractivity contribution is -0.140. The van der Waals surface area contributed by atoms with Crippen molar-refractivity contribution in [3.05, 3.63) is 30.1 Å². The van der Waals surface area contributed by atoms with Crippen LogP contribution in [-0.2, 0) is 6.18 Å². The number of hydrogen-bond donors (Lipinski definition) is 2. The summed E-state index contributed by atoms with van der Waals surface area (Å²) in [5.41, 5.74) is 4.51. The second-order valence-corrected chi connectivity index (χ2v) is 5.08. The predicted molar refractivity (Wildman–Crippen MR) is 79.8 cm³/mol. The molecule has 6 nitrogen and oxygen atoms in total. The molecule has 0 aliphatic carbocycles. The maximum Gasteiger partial charge on any atom is 0.434 e. The van der Waals surface area contributed by atoms with Gasteiger partial charge in [0.05, 0.1) is 11.3 Å². The van der Waals surface area contributed by atoms with E-state index in [2.05, 4.69) is 20.3 Å². The average Bonchev–Trinajstić information content (AvgIpc) is 2.55. The zero-order valence-corrected chi connectivity index (χ0v) is 12.1. The summed E-state index contributed by atoms with van der Waals surface area (Å²) in [6, 6.07) is 4.77. The molecule has 3 rings (SSSR count). The zero-order chi connectivity index (χ0) is 16.4. The lowest BCUT2D eigenvalue weighted by Crippen LogP contribution is -2.44. The van der Waals surface area contributed by atoms with Gasteiger partial charge in [0.15, 0.2) is 5.69 Å². The fourth-order valence-corrected chi connectivity index (χ4v) is 2.52. The third kappa shape index (κ3) is 3.19. The van der Waals surface area contributed by atoms with E-state index in [1.807, 2.05) is 0 Å². The van der Waals surface area contributed by atoms with Gasteiger partial charge in [-0.05, 0) is 12.1 Å². The number of nitrogens with one attached hydrogen (secondary N) is 1. The minimum Gasteiger partial charge on any atom is -0.368 e. The Kier molecular flexibility index (Phi) is 4.03. The van der Waals surface area contributed by atoms with Crippen LogP contribution in [0, 0.1) is 0 Å². The van der Waals surface area contributed by atoms with Crippen molar-refractivity contribution >= 4 is 11.8 Å². The number of aromatic nitrogens is 3. The Morgan fingerprint density at radius 3 is 2.48 bits per heavy atom. The first-order valence-corrected chi connectivity index (χ1v) is 7.08. The van der Waals surface area contributed by atoms with E-state index in [1.165, 1.54) is 12.3 Å². The molecular weight excluding hydrogens is 309 g/mol. The van der Waals surface area contributed by atoms with Crippen LogP contribution in [0.5, 0.6) is 0 Å². The topological polar surface area (TPSA) is 80.0 Å². The number of halogens is 3. The maximum absolute atomic E-state index is 13.5. The SMILES string of the molecule is Nc1nc(N2CCNCC2)c(-c2ccccn2)c(C(F)(F)F)n1. The fraction of sp³-hybridized carbons (Fsp3) is 0.357. The summed E-state index contributed by atoms with van der Waals surface area (Å²) in [7, 11) is 0. The number of anilines is 2. The van der Waals surface area contributed by atoms with Crippen molar-refractivity contribution < 1.29 is 13.2 Å². The van der Waals surface area contributed by atoms with Gasteiger partial charge in [-0.25, -0.2) is 4.98 Å². The first-order valence-electron chi connectivity index (χ1n) is 7.08. The second-order valence-electron chi connectivity index (χ2n) is 5.08. The highest BCUT2D eigenvalue weighted by atomic mass is 19.4. The first-order chi connectivity index (χ1) is 11.0. The summed E-state index contributed by atoms with van der Waals surface area (Å²) in [5.74, 6) is -0.226. The van der Waals surface area contributed by atoms with E-state index < -0.39 is 17.8 Å². The molecule has 0 amide bonds. The second kappa shape index (κ2) is 5.99. The summed E-state index contributed by atoms with van der Waals surface area (Å²) < 4.78 is 40.4. The summed E-state index contributed by atoms with van der Waals surface area (Å²) in [6.07, 6.45) is -3.21. The Bertz CT molecular complexity index is 683. The Hall–Kier alpha value is -2.42. The van der Waals surface area contributed by atoms with E-state index in [9.17, 15) is 13.2 Å². The van der Waals surface area contributed by atoms with Crippen molar-refractivity contribution in [3.63, 3.8) is 0 Å². The number of piperazine rings is 1. The van der Waals surface area contributed by atoms with E-state index in [1.54, 1.807) is 17.0 Å². The molecule has 3 heterocycles. The van der Waals surface area contributed by atoms with Crippen LogP contribution >= 0.6 is 0 Å². The minimum atomic E-state index is -4.65. The Morgan fingerprint density at radius 1 is 1.13 bits per heavy atom. The molecule has 2 aromatic heterocycles. The Labute approximate surface area is 130 Å². The van der Waals surface area contributed by atoms with Crippen LogP contribution in [0.25, 0.3) is 11.3 Å². The predicted octanol–water partition coefficient (Wildman–Crippen LogP) is 1.55. The molecular formula is C14H15F3N6. The third-order valence-electron chi connectivity index (χ3n) is 3.51. The number of nitrogens with two attached hydrogens (primary N) is 1. The lowest BCUT2D eigenvalue weighted by Gasteiger charge is -2.30. The quantitative estimate of drug-likeness (QED) is 0.872. The zero-order valence-electron chi connectivity index (χ0n) is 12.1. The Balaban J connectivity index is 2.23. The monoisotopic (exact) mass is 324 g/mol. The molecule has 3 N–H and O–H groups in total. The molecule has 0 aromatic carbocycles. The van der Waals surface area contributed by atoms with Crippen LogP contribution in [0.15, 0.2) is 24.4 Å². The van der Waals surface area contributed by atoms with E-state index >= 15 is 0 Å². The number of hydrogen-bond acceptors (Lipinski definition) is 6. The summed E-state index contributed by atoms with van der Waals surface area (Å²) >= 11 is 0. The number of alkyl halides is 3. The Morgan fingerprint density at radius 2 is 1.87 bits per heavy atom. The largest absolute Gasteiger partial charge is 0.434 e.